The molecule has 0 saturated carbocycles. The molecular weight excluding hydrogens is 493 g/mol. The number of aromatic nitrogens is 2. The van der Waals surface area contributed by atoms with E-state index in [0.29, 0.717) is 43.9 Å². The molecule has 2 fully saturated rings. The lowest BCUT2D eigenvalue weighted by atomic mass is 10.1. The van der Waals surface area contributed by atoms with Gasteiger partial charge in [-0.25, -0.2) is 19.2 Å². The quantitative estimate of drug-likeness (QED) is 0.521. The standard InChI is InChI=1S/C27H36FN5O5/c1-18(2)36-27(35)33-13-8-21(9-14-33)37-25-19(3)26(31-17-30-25)38-23-7-6-20(16-22(23)28)24(34)29-10-15-32-11-4-5-12-32/h6-7,16-18,21H,4-5,8-15H2,1-3H3,(H,29,34). The van der Waals surface area contributed by atoms with Crippen LogP contribution in [0.4, 0.5) is 9.18 Å². The number of carbonyl (C=O) groups is 2. The fraction of sp³-hybridized carbons (Fsp3) is 0.556. The van der Waals surface area contributed by atoms with Gasteiger partial charge in [0.1, 0.15) is 12.4 Å². The van der Waals surface area contributed by atoms with Gasteiger partial charge in [0.05, 0.1) is 11.7 Å². The number of benzene rings is 1. The number of nitrogens with zero attached hydrogens (tertiary/aromatic N) is 4. The highest BCUT2D eigenvalue weighted by Crippen LogP contribution is 2.30. The van der Waals surface area contributed by atoms with Crippen LogP contribution in [0.15, 0.2) is 24.5 Å². The molecule has 206 valence electrons. The molecule has 2 saturated heterocycles. The largest absolute Gasteiger partial charge is 0.474 e. The molecule has 38 heavy (non-hydrogen) atoms. The minimum atomic E-state index is -0.668. The molecule has 2 amide bonds. The topological polar surface area (TPSA) is 106 Å². The molecule has 0 radical (unpaired) electrons. The van der Waals surface area contributed by atoms with Crippen molar-refractivity contribution in [1.82, 2.24) is 25.1 Å². The molecule has 2 aliphatic rings. The normalized spacial score (nSPS) is 16.5. The summed E-state index contributed by atoms with van der Waals surface area (Å²) >= 11 is 0. The summed E-state index contributed by atoms with van der Waals surface area (Å²) in [6.45, 7) is 9.83. The summed E-state index contributed by atoms with van der Waals surface area (Å²) in [5, 5.41) is 2.84. The number of ether oxygens (including phenoxy) is 3. The molecule has 0 spiro atoms. The zero-order chi connectivity index (χ0) is 27.1. The van der Waals surface area contributed by atoms with Crippen LogP contribution in [0.5, 0.6) is 17.5 Å². The van der Waals surface area contributed by atoms with Crippen LogP contribution in [0.1, 0.15) is 55.5 Å². The van der Waals surface area contributed by atoms with Crippen molar-refractivity contribution in [3.05, 3.63) is 41.5 Å². The van der Waals surface area contributed by atoms with Gasteiger partial charge in [-0.3, -0.25) is 4.79 Å². The first kappa shape index (κ1) is 27.6. The van der Waals surface area contributed by atoms with E-state index in [1.54, 1.807) is 11.8 Å². The first-order valence-corrected chi connectivity index (χ1v) is 13.2. The summed E-state index contributed by atoms with van der Waals surface area (Å²) in [6.07, 6.45) is 4.31. The van der Waals surface area contributed by atoms with Crippen LogP contribution in [0.3, 0.4) is 0 Å². The van der Waals surface area contributed by atoms with Crippen molar-refractivity contribution < 1.29 is 28.2 Å². The van der Waals surface area contributed by atoms with Crippen LogP contribution < -0.4 is 14.8 Å². The average molecular weight is 530 g/mol. The summed E-state index contributed by atoms with van der Waals surface area (Å²) in [5.74, 6) is -0.545. The van der Waals surface area contributed by atoms with Crippen molar-refractivity contribution in [3.8, 4) is 17.5 Å². The van der Waals surface area contributed by atoms with Crippen LogP contribution in [0, 0.1) is 12.7 Å². The highest BCUT2D eigenvalue weighted by atomic mass is 19.1. The summed E-state index contributed by atoms with van der Waals surface area (Å²) < 4.78 is 31.9. The Bertz CT molecular complexity index is 1120. The van der Waals surface area contributed by atoms with E-state index in [0.717, 1.165) is 25.7 Å². The van der Waals surface area contributed by atoms with Crippen LogP contribution in [-0.4, -0.2) is 83.2 Å². The summed E-state index contributed by atoms with van der Waals surface area (Å²) in [6, 6.07) is 4.10. The maximum absolute atomic E-state index is 14.8. The predicted octanol–water partition coefficient (Wildman–Crippen LogP) is 3.93. The Hall–Kier alpha value is -3.47. The third-order valence-electron chi connectivity index (χ3n) is 6.62. The fourth-order valence-electron chi connectivity index (χ4n) is 4.50. The summed E-state index contributed by atoms with van der Waals surface area (Å²) in [5.41, 5.74) is 0.751. The Morgan fingerprint density at radius 1 is 1.11 bits per heavy atom. The van der Waals surface area contributed by atoms with E-state index in [1.807, 2.05) is 13.8 Å². The zero-order valence-electron chi connectivity index (χ0n) is 22.2. The van der Waals surface area contributed by atoms with Gasteiger partial charge >= 0.3 is 6.09 Å². The molecule has 3 heterocycles. The lowest BCUT2D eigenvalue weighted by Crippen LogP contribution is -2.42. The number of piperidine rings is 1. The van der Waals surface area contributed by atoms with Gasteiger partial charge in [0.2, 0.25) is 11.8 Å². The molecule has 0 unspecified atom stereocenters. The summed E-state index contributed by atoms with van der Waals surface area (Å²) in [7, 11) is 0. The van der Waals surface area contributed by atoms with Crippen molar-refractivity contribution >= 4 is 12.0 Å². The van der Waals surface area contributed by atoms with Crippen molar-refractivity contribution in [2.24, 2.45) is 0 Å². The Balaban J connectivity index is 1.31. The van der Waals surface area contributed by atoms with Crippen LogP contribution in [0.2, 0.25) is 0 Å². The second-order valence-electron chi connectivity index (χ2n) is 9.90. The van der Waals surface area contributed by atoms with Gasteiger partial charge in [0.15, 0.2) is 11.6 Å². The second kappa shape index (κ2) is 12.9. The average Bonchev–Trinajstić information content (AvgIpc) is 3.41. The first-order valence-electron chi connectivity index (χ1n) is 13.2. The predicted molar refractivity (Wildman–Crippen MR) is 138 cm³/mol. The van der Waals surface area contributed by atoms with Gasteiger partial charge in [-0.05, 0) is 64.9 Å². The van der Waals surface area contributed by atoms with Crippen molar-refractivity contribution in [2.75, 3.05) is 39.3 Å². The zero-order valence-corrected chi connectivity index (χ0v) is 22.2. The van der Waals surface area contributed by atoms with E-state index < -0.39 is 5.82 Å². The lowest BCUT2D eigenvalue weighted by molar-refractivity contribution is 0.0504. The number of amides is 2. The molecule has 0 bridgehead atoms. The number of hydrogen-bond donors (Lipinski definition) is 1. The molecule has 11 heteroatoms. The maximum Gasteiger partial charge on any atom is 0.410 e. The van der Waals surface area contributed by atoms with Gasteiger partial charge in [-0.2, -0.15) is 0 Å². The molecule has 0 aliphatic carbocycles. The highest BCUT2D eigenvalue weighted by Gasteiger charge is 2.26. The minimum Gasteiger partial charge on any atom is -0.474 e. The number of likely N-dealkylation sites (tertiary alicyclic amines) is 2. The van der Waals surface area contributed by atoms with Crippen LogP contribution in [-0.2, 0) is 4.74 Å². The first-order chi connectivity index (χ1) is 18.3. The molecule has 2 aliphatic heterocycles. The van der Waals surface area contributed by atoms with Gasteiger partial charge < -0.3 is 29.3 Å². The molecule has 10 nitrogen and oxygen atoms in total. The van der Waals surface area contributed by atoms with E-state index in [2.05, 4.69) is 20.2 Å². The minimum absolute atomic E-state index is 0.0525. The monoisotopic (exact) mass is 529 g/mol. The Kier molecular flexibility index (Phi) is 9.33. The number of hydrogen-bond acceptors (Lipinski definition) is 8. The van der Waals surface area contributed by atoms with Gasteiger partial charge in [0, 0.05) is 44.6 Å². The number of rotatable bonds is 9. The highest BCUT2D eigenvalue weighted by molar-refractivity contribution is 5.94. The number of nitrogens with one attached hydrogen (secondary N) is 1. The fourth-order valence-corrected chi connectivity index (χ4v) is 4.50. The third-order valence-corrected chi connectivity index (χ3v) is 6.62. The van der Waals surface area contributed by atoms with E-state index >= 15 is 0 Å². The Morgan fingerprint density at radius 2 is 1.82 bits per heavy atom. The van der Waals surface area contributed by atoms with Crippen molar-refractivity contribution in [2.45, 2.75) is 58.7 Å². The lowest BCUT2D eigenvalue weighted by Gasteiger charge is -2.31. The molecule has 4 rings (SSSR count). The Labute approximate surface area is 222 Å². The SMILES string of the molecule is Cc1c(Oc2ccc(C(=O)NCCN3CCCC3)cc2F)ncnc1OC1CCN(C(=O)OC(C)C)CC1. The van der Waals surface area contributed by atoms with Crippen molar-refractivity contribution in [1.29, 1.82) is 0 Å². The maximum atomic E-state index is 14.8. The molecule has 2 aromatic rings. The van der Waals surface area contributed by atoms with E-state index in [9.17, 15) is 14.0 Å². The smallest absolute Gasteiger partial charge is 0.410 e. The number of carbonyl (C=O) groups excluding carboxylic acids is 2. The second-order valence-corrected chi connectivity index (χ2v) is 9.90. The Morgan fingerprint density at radius 3 is 2.50 bits per heavy atom. The molecule has 0 atom stereocenters. The van der Waals surface area contributed by atoms with Gasteiger partial charge in [-0.15, -0.1) is 0 Å². The van der Waals surface area contributed by atoms with E-state index in [4.69, 9.17) is 14.2 Å². The molecule has 1 aromatic heterocycles. The van der Waals surface area contributed by atoms with Crippen LogP contribution in [0.25, 0.3) is 0 Å². The molecule has 1 aromatic carbocycles. The van der Waals surface area contributed by atoms with Crippen LogP contribution >= 0.6 is 0 Å². The van der Waals surface area contributed by atoms with E-state index in [-0.39, 0.29) is 41.4 Å². The van der Waals surface area contributed by atoms with Gasteiger partial charge in [0.25, 0.3) is 5.91 Å². The van der Waals surface area contributed by atoms with Gasteiger partial charge in [-0.1, -0.05) is 0 Å². The third kappa shape index (κ3) is 7.31. The molecular formula is C27H36FN5O5. The van der Waals surface area contributed by atoms with Crippen molar-refractivity contribution in [3.63, 3.8) is 0 Å². The molecule has 1 N–H and O–H groups in total. The number of halogens is 1. The van der Waals surface area contributed by atoms with E-state index in [1.165, 1.54) is 31.3 Å². The summed E-state index contributed by atoms with van der Waals surface area (Å²) in [4.78, 5) is 36.8.